The number of H-pyrrole nitrogens is 1. The maximum Gasteiger partial charge on any atom is 0.340 e. The molecule has 1 N–H and O–H groups in total. The van der Waals surface area contributed by atoms with Gasteiger partial charge in [0, 0.05) is 12.3 Å². The summed E-state index contributed by atoms with van der Waals surface area (Å²) in [5, 5.41) is 18.2. The van der Waals surface area contributed by atoms with E-state index in [0.29, 0.717) is 26.9 Å². The number of hydrogen-bond donors (Lipinski definition) is 1. The lowest BCUT2D eigenvalue weighted by molar-refractivity contribution is -0.387. The van der Waals surface area contributed by atoms with Gasteiger partial charge in [0.2, 0.25) is 0 Å². The van der Waals surface area contributed by atoms with E-state index in [1.54, 1.807) is 36.4 Å². The van der Waals surface area contributed by atoms with Crippen LogP contribution in [-0.2, 0) is 4.74 Å². The summed E-state index contributed by atoms with van der Waals surface area (Å²) in [7, 11) is 1.29. The van der Waals surface area contributed by atoms with Gasteiger partial charge in [-0.05, 0) is 35.5 Å². The number of ether oxygens (including phenoxy) is 1. The van der Waals surface area contributed by atoms with E-state index in [1.165, 1.54) is 25.7 Å². The van der Waals surface area contributed by atoms with E-state index in [0.717, 1.165) is 11.8 Å². The maximum absolute atomic E-state index is 11.8. The van der Waals surface area contributed by atoms with Gasteiger partial charge in [0.1, 0.15) is 6.33 Å². The number of carbonyl (C=O) groups excluding carboxylic acids is 1. The molecule has 0 aliphatic rings. The smallest absolute Gasteiger partial charge is 0.340 e. The van der Waals surface area contributed by atoms with E-state index in [4.69, 9.17) is 4.74 Å². The zero-order chi connectivity index (χ0) is 19.2. The molecule has 0 amide bonds. The Morgan fingerprint density at radius 3 is 2.85 bits per heavy atom. The van der Waals surface area contributed by atoms with Crippen LogP contribution >= 0.6 is 11.8 Å². The van der Waals surface area contributed by atoms with Gasteiger partial charge in [-0.3, -0.25) is 20.2 Å². The fraction of sp³-hybridized carbons (Fsp3) is 0.0588. The molecule has 0 radical (unpaired) electrons. The average Bonchev–Trinajstić information content (AvgIpc) is 3.19. The Morgan fingerprint density at radius 1 is 1.33 bits per heavy atom. The number of methoxy groups -OCH3 is 1. The summed E-state index contributed by atoms with van der Waals surface area (Å²) in [6, 6.07) is 11.4. The molecule has 0 saturated heterocycles. The second-order valence-corrected chi connectivity index (χ2v) is 6.17. The first-order valence-electron chi connectivity index (χ1n) is 7.61. The molecule has 2 aromatic carbocycles. The highest BCUT2D eigenvalue weighted by Gasteiger charge is 2.17. The van der Waals surface area contributed by atoms with Crippen LogP contribution in [0.1, 0.15) is 15.9 Å². The summed E-state index contributed by atoms with van der Waals surface area (Å²) in [6.45, 7) is 0. The number of benzene rings is 2. The highest BCUT2D eigenvalue weighted by molar-refractivity contribution is 7.99. The Hall–Kier alpha value is -3.53. The Labute approximate surface area is 157 Å². The Bertz CT molecular complexity index is 1000. The lowest BCUT2D eigenvalue weighted by Crippen LogP contribution is -2.01. The van der Waals surface area contributed by atoms with Crippen molar-refractivity contribution in [1.82, 2.24) is 15.2 Å². The van der Waals surface area contributed by atoms with Crippen LogP contribution in [0.5, 0.6) is 0 Å². The van der Waals surface area contributed by atoms with Gasteiger partial charge in [-0.15, -0.1) is 0 Å². The van der Waals surface area contributed by atoms with Crippen molar-refractivity contribution in [3.8, 4) is 0 Å². The minimum Gasteiger partial charge on any atom is -0.465 e. The molecule has 0 unspecified atom stereocenters. The third-order valence-corrected chi connectivity index (χ3v) is 4.40. The molecule has 0 atom stereocenters. The van der Waals surface area contributed by atoms with Crippen LogP contribution < -0.4 is 0 Å². The number of aromatic amines is 1. The molecule has 9 nitrogen and oxygen atoms in total. The second kappa shape index (κ2) is 8.23. The minimum absolute atomic E-state index is 0.0818. The van der Waals surface area contributed by atoms with E-state index in [1.807, 2.05) is 0 Å². The first kappa shape index (κ1) is 18.3. The van der Waals surface area contributed by atoms with Crippen LogP contribution in [0.25, 0.3) is 0 Å². The summed E-state index contributed by atoms with van der Waals surface area (Å²) in [6.07, 6.45) is 2.78. The Morgan fingerprint density at radius 2 is 2.15 bits per heavy atom. The fourth-order valence-electron chi connectivity index (χ4n) is 2.20. The number of aromatic nitrogens is 3. The van der Waals surface area contributed by atoms with Crippen LogP contribution in [0, 0.1) is 10.1 Å². The van der Waals surface area contributed by atoms with Crippen molar-refractivity contribution in [3.63, 3.8) is 0 Å². The van der Waals surface area contributed by atoms with Gasteiger partial charge in [-0.2, -0.15) is 5.10 Å². The van der Waals surface area contributed by atoms with E-state index < -0.39 is 10.9 Å². The molecule has 0 aliphatic carbocycles. The second-order valence-electron chi connectivity index (χ2n) is 5.14. The van der Waals surface area contributed by atoms with Crippen molar-refractivity contribution in [2.45, 2.75) is 10.1 Å². The number of rotatable bonds is 6. The zero-order valence-corrected chi connectivity index (χ0v) is 14.8. The van der Waals surface area contributed by atoms with Crippen LogP contribution in [0.2, 0.25) is 0 Å². The molecule has 1 heterocycles. The third kappa shape index (κ3) is 4.36. The van der Waals surface area contributed by atoms with Crippen LogP contribution in [0.4, 0.5) is 11.4 Å². The predicted octanol–water partition coefficient (Wildman–Crippen LogP) is 3.40. The van der Waals surface area contributed by atoms with Crippen molar-refractivity contribution >= 4 is 35.3 Å². The minimum atomic E-state index is -0.507. The van der Waals surface area contributed by atoms with Gasteiger partial charge in [0.05, 0.1) is 28.2 Å². The maximum atomic E-state index is 11.8. The van der Waals surface area contributed by atoms with E-state index in [9.17, 15) is 14.9 Å². The first-order chi connectivity index (χ1) is 13.1. The summed E-state index contributed by atoms with van der Waals surface area (Å²) >= 11 is 1.11. The number of nitrogens with zero attached hydrogens (tertiary/aromatic N) is 4. The summed E-state index contributed by atoms with van der Waals surface area (Å²) in [5.74, 6) is -0.507. The molecule has 0 spiro atoms. The lowest BCUT2D eigenvalue weighted by atomic mass is 10.2. The molecule has 136 valence electrons. The Balaban J connectivity index is 1.90. The number of nitro groups is 1. The molecule has 0 fully saturated rings. The molecule has 0 saturated carbocycles. The van der Waals surface area contributed by atoms with Crippen molar-refractivity contribution in [2.24, 2.45) is 4.99 Å². The number of para-hydroxylation sites is 1. The lowest BCUT2D eigenvalue weighted by Gasteiger charge is -2.04. The average molecular weight is 383 g/mol. The number of hydrogen-bond acceptors (Lipinski definition) is 8. The number of esters is 1. The van der Waals surface area contributed by atoms with Gasteiger partial charge in [0.15, 0.2) is 5.16 Å². The SMILES string of the molecule is COC(=O)c1ccccc1N=Cc1ccc(Sc2ncn[nH]2)c([N+](=O)[O-])c1. The monoisotopic (exact) mass is 383 g/mol. The largest absolute Gasteiger partial charge is 0.465 e. The van der Waals surface area contributed by atoms with Crippen molar-refractivity contribution in [1.29, 1.82) is 0 Å². The van der Waals surface area contributed by atoms with E-state index >= 15 is 0 Å². The zero-order valence-electron chi connectivity index (χ0n) is 14.0. The topological polar surface area (TPSA) is 123 Å². The van der Waals surface area contributed by atoms with Gasteiger partial charge >= 0.3 is 5.97 Å². The van der Waals surface area contributed by atoms with Crippen molar-refractivity contribution in [3.05, 3.63) is 70.0 Å². The van der Waals surface area contributed by atoms with Gasteiger partial charge in [-0.25, -0.2) is 9.78 Å². The van der Waals surface area contributed by atoms with Gasteiger partial charge in [0.25, 0.3) is 5.69 Å². The van der Waals surface area contributed by atoms with Crippen molar-refractivity contribution in [2.75, 3.05) is 7.11 Å². The summed E-state index contributed by atoms with van der Waals surface area (Å²) in [5.41, 5.74) is 1.15. The molecular formula is C17H13N5O4S. The first-order valence-corrected chi connectivity index (χ1v) is 8.43. The third-order valence-electron chi connectivity index (χ3n) is 3.44. The van der Waals surface area contributed by atoms with Crippen LogP contribution in [0.3, 0.4) is 0 Å². The number of carbonyl (C=O) groups is 1. The molecule has 10 heteroatoms. The standard InChI is InChI=1S/C17H13N5O4S/c1-26-16(23)12-4-2-3-5-13(12)18-9-11-6-7-15(14(8-11)22(24)25)27-17-19-10-20-21-17/h2-10H,1H3,(H,19,20,21). The highest BCUT2D eigenvalue weighted by atomic mass is 32.2. The normalized spacial score (nSPS) is 10.9. The predicted molar refractivity (Wildman–Crippen MR) is 98.6 cm³/mol. The van der Waals surface area contributed by atoms with Gasteiger partial charge in [-0.1, -0.05) is 18.2 Å². The number of nitrogens with one attached hydrogen (secondary N) is 1. The number of aliphatic imine (C=N–C) groups is 1. The molecule has 3 rings (SSSR count). The molecule has 0 bridgehead atoms. The van der Waals surface area contributed by atoms with Crippen molar-refractivity contribution < 1.29 is 14.5 Å². The molecular weight excluding hydrogens is 370 g/mol. The van der Waals surface area contributed by atoms with Crippen LogP contribution in [0.15, 0.2) is 63.8 Å². The van der Waals surface area contributed by atoms with E-state index in [-0.39, 0.29) is 5.69 Å². The Kier molecular flexibility index (Phi) is 5.57. The highest BCUT2D eigenvalue weighted by Crippen LogP contribution is 2.33. The summed E-state index contributed by atoms with van der Waals surface area (Å²) in [4.78, 5) is 31.3. The quantitative estimate of drug-likeness (QED) is 0.299. The van der Waals surface area contributed by atoms with Gasteiger partial charge < -0.3 is 4.74 Å². The summed E-state index contributed by atoms with van der Waals surface area (Å²) < 4.78 is 4.73. The van der Waals surface area contributed by atoms with E-state index in [2.05, 4.69) is 20.2 Å². The molecule has 1 aromatic heterocycles. The molecule has 0 aliphatic heterocycles. The van der Waals surface area contributed by atoms with Crippen LogP contribution in [-0.4, -0.2) is 39.4 Å². The number of nitro benzene ring substituents is 1. The fourth-order valence-corrected chi connectivity index (χ4v) is 2.98. The molecule has 3 aromatic rings. The molecule has 27 heavy (non-hydrogen) atoms.